The third kappa shape index (κ3) is 5.08. The zero-order chi connectivity index (χ0) is 9.99. The van der Waals surface area contributed by atoms with Crippen LogP contribution in [-0.2, 0) is 4.43 Å². The molecular weight excluding hydrogens is 184 g/mol. The van der Waals surface area contributed by atoms with Gasteiger partial charge in [-0.3, -0.25) is 0 Å². The second kappa shape index (κ2) is 4.04. The molecule has 0 heterocycles. The smallest absolute Gasteiger partial charge is 0.184 e. The zero-order valence-electron chi connectivity index (χ0n) is 9.14. The van der Waals surface area contributed by atoms with Crippen LogP contribution >= 0.6 is 0 Å². The van der Waals surface area contributed by atoms with Crippen LogP contribution in [0.5, 0.6) is 0 Å². The van der Waals surface area contributed by atoms with Gasteiger partial charge in [-0.15, -0.1) is 0 Å². The highest BCUT2D eigenvalue weighted by Gasteiger charge is 2.30. The summed E-state index contributed by atoms with van der Waals surface area (Å²) in [5.41, 5.74) is -0.679. The third-order valence-corrected chi connectivity index (χ3v) is 3.39. The van der Waals surface area contributed by atoms with Gasteiger partial charge in [0, 0.05) is 10.2 Å². The van der Waals surface area contributed by atoms with Gasteiger partial charge in [0.25, 0.3) is 0 Å². The summed E-state index contributed by atoms with van der Waals surface area (Å²) in [7, 11) is -0.405. The number of hydrogen-bond donors (Lipinski definition) is 1. The molecule has 0 saturated heterocycles. The highest BCUT2D eigenvalue weighted by atomic mass is 28.4. The van der Waals surface area contributed by atoms with Crippen LogP contribution in [0.15, 0.2) is 0 Å². The summed E-state index contributed by atoms with van der Waals surface area (Å²) in [6.45, 7) is 10.1. The minimum atomic E-state index is -1.49. The molecule has 0 aromatic heterocycles. The van der Waals surface area contributed by atoms with Crippen molar-refractivity contribution in [3.8, 4) is 0 Å². The van der Waals surface area contributed by atoms with Gasteiger partial charge in [-0.25, -0.2) is 0 Å². The molecule has 12 heavy (non-hydrogen) atoms. The van der Waals surface area contributed by atoms with Gasteiger partial charge in [0.2, 0.25) is 0 Å². The van der Waals surface area contributed by atoms with Crippen molar-refractivity contribution >= 4 is 18.6 Å². The van der Waals surface area contributed by atoms with Crippen LogP contribution in [0.25, 0.3) is 0 Å². The Kier molecular flexibility index (Phi) is 4.16. The lowest BCUT2D eigenvalue weighted by atomic mass is 10.0. The molecule has 1 unspecified atom stereocenters. The average Bonchev–Trinajstić information content (AvgIpc) is 1.78. The number of aliphatic hydroxyl groups is 1. The highest BCUT2D eigenvalue weighted by Crippen LogP contribution is 2.19. The van der Waals surface area contributed by atoms with E-state index in [1.807, 2.05) is 13.8 Å². The molecule has 0 radical (unpaired) electrons. The van der Waals surface area contributed by atoms with Gasteiger partial charge >= 0.3 is 0 Å². The Morgan fingerprint density at radius 2 is 1.83 bits per heavy atom. The molecule has 0 bridgehead atoms. The molecule has 0 aromatic rings. The Labute approximate surface area is 79.9 Å². The molecule has 1 atom stereocenters. The number of rotatable bonds is 4. The number of hydrogen-bond acceptors (Lipinski definition) is 2. The molecule has 0 aromatic carbocycles. The summed E-state index contributed by atoms with van der Waals surface area (Å²) in [4.78, 5) is 0. The van der Waals surface area contributed by atoms with Gasteiger partial charge in [0.1, 0.15) is 0 Å². The molecule has 74 valence electrons. The summed E-state index contributed by atoms with van der Waals surface area (Å²) in [5, 5.41) is 9.76. The van der Waals surface area contributed by atoms with Gasteiger partial charge in [-0.1, -0.05) is 0 Å². The fraction of sp³-hybridized carbons (Fsp3) is 1.00. The van der Waals surface area contributed by atoms with E-state index in [2.05, 4.69) is 19.6 Å². The van der Waals surface area contributed by atoms with Crippen LogP contribution in [0.1, 0.15) is 13.8 Å². The predicted octanol–water partition coefficient (Wildman–Crippen LogP) is 0.761. The van der Waals surface area contributed by atoms with Crippen LogP contribution < -0.4 is 0 Å². The maximum Gasteiger partial charge on any atom is 0.184 e. The normalized spacial score (nSPS) is 16.5. The van der Waals surface area contributed by atoms with Gasteiger partial charge in [0.05, 0.1) is 11.7 Å². The molecule has 0 amide bonds. The lowest BCUT2D eigenvalue weighted by Crippen LogP contribution is -2.44. The van der Waals surface area contributed by atoms with Crippen molar-refractivity contribution in [2.75, 3.05) is 0 Å². The van der Waals surface area contributed by atoms with Crippen LogP contribution in [0.2, 0.25) is 25.7 Å². The SMILES string of the molecule is CC(C)(O)C(C[SiH3])O[Si](C)(C)C. The van der Waals surface area contributed by atoms with Crippen LogP contribution in [0.3, 0.4) is 0 Å². The second-order valence-electron chi connectivity index (χ2n) is 4.78. The first-order valence-electron chi connectivity index (χ1n) is 4.57. The van der Waals surface area contributed by atoms with Gasteiger partial charge in [0.15, 0.2) is 8.32 Å². The van der Waals surface area contributed by atoms with E-state index in [1.54, 1.807) is 0 Å². The molecule has 0 fully saturated rings. The van der Waals surface area contributed by atoms with Crippen molar-refractivity contribution in [1.82, 2.24) is 0 Å². The Morgan fingerprint density at radius 3 is 1.92 bits per heavy atom. The minimum absolute atomic E-state index is 0.0378. The second-order valence-corrected chi connectivity index (χ2v) is 10.1. The lowest BCUT2D eigenvalue weighted by Gasteiger charge is -2.34. The molecule has 0 rings (SSSR count). The third-order valence-electron chi connectivity index (χ3n) is 1.65. The van der Waals surface area contributed by atoms with E-state index in [-0.39, 0.29) is 6.10 Å². The Balaban J connectivity index is 4.20. The van der Waals surface area contributed by atoms with Crippen molar-refractivity contribution < 1.29 is 9.53 Å². The molecule has 0 aliphatic carbocycles. The molecule has 0 saturated carbocycles. The van der Waals surface area contributed by atoms with E-state index in [1.165, 1.54) is 0 Å². The molecule has 4 heteroatoms. The van der Waals surface area contributed by atoms with E-state index in [4.69, 9.17) is 4.43 Å². The maximum atomic E-state index is 9.76. The quantitative estimate of drug-likeness (QED) is 0.688. The van der Waals surface area contributed by atoms with Crippen molar-refractivity contribution in [2.45, 2.75) is 51.2 Å². The molecule has 0 aliphatic heterocycles. The standard InChI is InChI=1S/C8H22O2Si2/c1-8(2,9)7(6-11)10-12(3,4)5/h7,9H,6H2,1-5,11H3. The fourth-order valence-electron chi connectivity index (χ4n) is 1.15. The van der Waals surface area contributed by atoms with E-state index in [9.17, 15) is 5.11 Å². The topological polar surface area (TPSA) is 29.5 Å². The molecular formula is C8H22O2Si2. The van der Waals surface area contributed by atoms with E-state index in [0.29, 0.717) is 0 Å². The van der Waals surface area contributed by atoms with Crippen molar-refractivity contribution in [3.05, 3.63) is 0 Å². The van der Waals surface area contributed by atoms with Crippen LogP contribution in [0.4, 0.5) is 0 Å². The Morgan fingerprint density at radius 1 is 1.42 bits per heavy atom. The first-order chi connectivity index (χ1) is 5.17. The van der Waals surface area contributed by atoms with Gasteiger partial charge < -0.3 is 9.53 Å². The van der Waals surface area contributed by atoms with Crippen molar-refractivity contribution in [2.24, 2.45) is 0 Å². The summed E-state index contributed by atoms with van der Waals surface area (Å²) in [5.74, 6) is 0. The first kappa shape index (κ1) is 12.4. The summed E-state index contributed by atoms with van der Waals surface area (Å²) in [6, 6.07) is 1.01. The monoisotopic (exact) mass is 206 g/mol. The largest absolute Gasteiger partial charge is 0.412 e. The summed E-state index contributed by atoms with van der Waals surface area (Å²) in [6.07, 6.45) is 0.0378. The molecule has 2 nitrogen and oxygen atoms in total. The maximum absolute atomic E-state index is 9.76. The van der Waals surface area contributed by atoms with E-state index < -0.39 is 13.9 Å². The molecule has 1 N–H and O–H groups in total. The first-order valence-corrected chi connectivity index (χ1v) is 9.39. The van der Waals surface area contributed by atoms with E-state index in [0.717, 1.165) is 16.3 Å². The highest BCUT2D eigenvalue weighted by molar-refractivity contribution is 6.69. The van der Waals surface area contributed by atoms with Gasteiger partial charge in [-0.2, -0.15) is 0 Å². The lowest BCUT2D eigenvalue weighted by molar-refractivity contribution is -0.0276. The Hall–Kier alpha value is 0.354. The summed E-state index contributed by atoms with van der Waals surface area (Å²) >= 11 is 0. The average molecular weight is 206 g/mol. The van der Waals surface area contributed by atoms with Gasteiger partial charge in [-0.05, 0) is 39.5 Å². The van der Waals surface area contributed by atoms with Crippen molar-refractivity contribution in [1.29, 1.82) is 0 Å². The van der Waals surface area contributed by atoms with E-state index >= 15 is 0 Å². The zero-order valence-corrected chi connectivity index (χ0v) is 12.1. The van der Waals surface area contributed by atoms with Crippen LogP contribution in [0, 0.1) is 0 Å². The summed E-state index contributed by atoms with van der Waals surface area (Å²) < 4.78 is 5.88. The molecule has 0 aliphatic rings. The Bertz CT molecular complexity index is 135. The van der Waals surface area contributed by atoms with Crippen LogP contribution in [-0.4, -0.2) is 35.4 Å². The fourth-order valence-corrected chi connectivity index (χ4v) is 3.96. The molecule has 0 spiro atoms. The van der Waals surface area contributed by atoms with Crippen molar-refractivity contribution in [3.63, 3.8) is 0 Å². The predicted molar refractivity (Wildman–Crippen MR) is 59.3 cm³/mol. The minimum Gasteiger partial charge on any atom is -0.412 e.